The highest BCUT2D eigenvalue weighted by molar-refractivity contribution is 7.89. The zero-order valence-electron chi connectivity index (χ0n) is 19.4. The van der Waals surface area contributed by atoms with Crippen LogP contribution in [0, 0.1) is 18.8 Å². The minimum absolute atomic E-state index is 0.0877. The normalized spacial score (nSPS) is 18.3. The number of sulfonamides is 1. The van der Waals surface area contributed by atoms with Crippen molar-refractivity contribution >= 4 is 15.9 Å². The highest BCUT2D eigenvalue weighted by Gasteiger charge is 2.34. The summed E-state index contributed by atoms with van der Waals surface area (Å²) < 4.78 is 32.9. The molecule has 1 amide bonds. The smallest absolute Gasteiger partial charge is 0.243 e. The van der Waals surface area contributed by atoms with Gasteiger partial charge < -0.3 is 10.1 Å². The van der Waals surface area contributed by atoms with Crippen LogP contribution in [0.4, 0.5) is 0 Å². The van der Waals surface area contributed by atoms with Crippen molar-refractivity contribution in [3.8, 4) is 5.75 Å². The number of carbonyl (C=O) groups is 1. The summed E-state index contributed by atoms with van der Waals surface area (Å²) in [5, 5.41) is 3.19. The molecule has 0 bridgehead atoms. The van der Waals surface area contributed by atoms with Crippen LogP contribution in [0.5, 0.6) is 5.75 Å². The minimum atomic E-state index is -3.61. The Kier molecular flexibility index (Phi) is 7.96. The Hall–Kier alpha value is -2.38. The molecule has 0 saturated carbocycles. The zero-order valence-corrected chi connectivity index (χ0v) is 20.2. The number of aryl methyl sites for hydroxylation is 1. The lowest BCUT2D eigenvalue weighted by molar-refractivity contribution is -0.127. The van der Waals surface area contributed by atoms with E-state index in [9.17, 15) is 13.2 Å². The average Bonchev–Trinajstić information content (AvgIpc) is 2.78. The predicted octanol–water partition coefficient (Wildman–Crippen LogP) is 4.31. The molecule has 2 atom stereocenters. The molecule has 174 valence electrons. The maximum Gasteiger partial charge on any atom is 0.243 e. The van der Waals surface area contributed by atoms with Crippen molar-refractivity contribution in [2.24, 2.45) is 11.8 Å². The van der Waals surface area contributed by atoms with Gasteiger partial charge in [0, 0.05) is 13.1 Å². The van der Waals surface area contributed by atoms with E-state index >= 15 is 0 Å². The van der Waals surface area contributed by atoms with Crippen molar-refractivity contribution in [2.75, 3.05) is 20.2 Å². The second-order valence-corrected chi connectivity index (χ2v) is 10.9. The van der Waals surface area contributed by atoms with E-state index in [1.807, 2.05) is 31.2 Å². The van der Waals surface area contributed by atoms with Gasteiger partial charge in [0.2, 0.25) is 15.9 Å². The molecule has 0 aliphatic carbocycles. The number of ether oxygens (including phenoxy) is 1. The summed E-state index contributed by atoms with van der Waals surface area (Å²) in [6.45, 7) is 6.82. The molecular formula is C25H34N2O4S. The molecule has 6 nitrogen and oxygen atoms in total. The molecular weight excluding hydrogens is 424 g/mol. The van der Waals surface area contributed by atoms with Gasteiger partial charge >= 0.3 is 0 Å². The summed E-state index contributed by atoms with van der Waals surface area (Å²) in [5.41, 5.74) is 2.03. The summed E-state index contributed by atoms with van der Waals surface area (Å²) >= 11 is 0. The van der Waals surface area contributed by atoms with Gasteiger partial charge in [0.25, 0.3) is 0 Å². The van der Waals surface area contributed by atoms with Gasteiger partial charge in [-0.05, 0) is 61.9 Å². The van der Waals surface area contributed by atoms with Crippen molar-refractivity contribution < 1.29 is 17.9 Å². The molecule has 7 heteroatoms. The van der Waals surface area contributed by atoms with Crippen LogP contribution in [-0.4, -0.2) is 38.8 Å². The van der Waals surface area contributed by atoms with Crippen molar-refractivity contribution in [1.29, 1.82) is 0 Å². The molecule has 1 fully saturated rings. The molecule has 1 heterocycles. The maximum atomic E-state index is 13.2. The van der Waals surface area contributed by atoms with E-state index in [0.29, 0.717) is 25.3 Å². The highest BCUT2D eigenvalue weighted by Crippen LogP contribution is 2.27. The molecule has 0 unspecified atom stereocenters. The molecule has 3 rings (SSSR count). The van der Waals surface area contributed by atoms with E-state index in [4.69, 9.17) is 4.74 Å². The number of amides is 1. The van der Waals surface area contributed by atoms with Crippen LogP contribution in [0.15, 0.2) is 53.4 Å². The van der Waals surface area contributed by atoms with Crippen LogP contribution in [0.1, 0.15) is 50.3 Å². The molecule has 2 aromatic carbocycles. The molecule has 0 radical (unpaired) electrons. The molecule has 1 aliphatic heterocycles. The van der Waals surface area contributed by atoms with Gasteiger partial charge in [0.05, 0.1) is 24.0 Å². The fraction of sp³-hybridized carbons (Fsp3) is 0.480. The summed E-state index contributed by atoms with van der Waals surface area (Å²) in [6, 6.07) is 14.5. The lowest BCUT2D eigenvalue weighted by Gasteiger charge is -2.32. The molecule has 32 heavy (non-hydrogen) atoms. The lowest BCUT2D eigenvalue weighted by atomic mass is 9.94. The van der Waals surface area contributed by atoms with E-state index in [1.165, 1.54) is 4.31 Å². The Morgan fingerprint density at radius 1 is 1.12 bits per heavy atom. The van der Waals surface area contributed by atoms with E-state index in [-0.39, 0.29) is 29.3 Å². The highest BCUT2D eigenvalue weighted by atomic mass is 32.2. The van der Waals surface area contributed by atoms with Gasteiger partial charge in [0.1, 0.15) is 5.75 Å². The zero-order chi connectivity index (χ0) is 23.3. The largest absolute Gasteiger partial charge is 0.497 e. The summed E-state index contributed by atoms with van der Waals surface area (Å²) in [6.07, 6.45) is 2.15. The quantitative estimate of drug-likeness (QED) is 0.640. The molecule has 0 aromatic heterocycles. The monoisotopic (exact) mass is 458 g/mol. The first-order valence-electron chi connectivity index (χ1n) is 11.2. The summed E-state index contributed by atoms with van der Waals surface area (Å²) in [7, 11) is -1.99. The number of nitrogens with zero attached hydrogens (tertiary/aromatic N) is 1. The topological polar surface area (TPSA) is 75.7 Å². The number of carbonyl (C=O) groups excluding carboxylic acids is 1. The number of nitrogens with one attached hydrogen (secondary N) is 1. The Morgan fingerprint density at radius 3 is 2.38 bits per heavy atom. The predicted molar refractivity (Wildman–Crippen MR) is 126 cm³/mol. The third-order valence-electron chi connectivity index (χ3n) is 5.96. The van der Waals surface area contributed by atoms with Crippen molar-refractivity contribution in [3.05, 3.63) is 59.7 Å². The number of methoxy groups -OCH3 is 1. The number of rotatable bonds is 8. The fourth-order valence-electron chi connectivity index (χ4n) is 4.11. The van der Waals surface area contributed by atoms with Crippen LogP contribution >= 0.6 is 0 Å². The van der Waals surface area contributed by atoms with Crippen molar-refractivity contribution in [1.82, 2.24) is 9.62 Å². The van der Waals surface area contributed by atoms with Crippen molar-refractivity contribution in [3.63, 3.8) is 0 Å². The third-order valence-corrected chi connectivity index (χ3v) is 7.83. The molecule has 2 aromatic rings. The van der Waals surface area contributed by atoms with Gasteiger partial charge in [-0.15, -0.1) is 0 Å². The first kappa shape index (κ1) is 24.3. The molecule has 0 spiro atoms. The fourth-order valence-corrected chi connectivity index (χ4v) is 5.63. The van der Waals surface area contributed by atoms with E-state index in [2.05, 4.69) is 19.2 Å². The molecule has 1 saturated heterocycles. The van der Waals surface area contributed by atoms with Gasteiger partial charge in [-0.3, -0.25) is 4.79 Å². The van der Waals surface area contributed by atoms with Gasteiger partial charge in [-0.2, -0.15) is 4.31 Å². The third kappa shape index (κ3) is 5.90. The molecule has 1 aliphatic rings. The van der Waals surface area contributed by atoms with Crippen LogP contribution in [0.3, 0.4) is 0 Å². The standard InChI is InChI=1S/C25H34N2O4S/c1-18(2)16-24(20-9-11-22(31-4)12-10-20)26-25(28)21-6-5-15-27(17-21)32(29,30)23-13-7-19(3)8-14-23/h7-14,18,21,24H,5-6,15-17H2,1-4H3,(H,26,28)/t21-,24+/m1/s1. The number of hydrogen-bond donors (Lipinski definition) is 1. The van der Waals surface area contributed by atoms with Gasteiger partial charge in [-0.25, -0.2) is 8.42 Å². The maximum absolute atomic E-state index is 13.2. The Labute approximate surface area is 192 Å². The summed E-state index contributed by atoms with van der Waals surface area (Å²) in [4.78, 5) is 13.5. The molecule has 1 N–H and O–H groups in total. The van der Waals surface area contributed by atoms with E-state index in [0.717, 1.165) is 23.3 Å². The number of benzene rings is 2. The first-order valence-corrected chi connectivity index (χ1v) is 12.7. The first-order chi connectivity index (χ1) is 15.2. The Bertz CT molecular complexity index is 1000. The number of hydrogen-bond acceptors (Lipinski definition) is 4. The Balaban J connectivity index is 1.72. The summed E-state index contributed by atoms with van der Waals surface area (Å²) in [5.74, 6) is 0.715. The van der Waals surface area contributed by atoms with Gasteiger partial charge in [0.15, 0.2) is 0 Å². The van der Waals surface area contributed by atoms with E-state index in [1.54, 1.807) is 31.4 Å². The Morgan fingerprint density at radius 2 is 1.78 bits per heavy atom. The van der Waals surface area contributed by atoms with Crippen molar-refractivity contribution in [2.45, 2.75) is 51.0 Å². The SMILES string of the molecule is COc1ccc([C@H](CC(C)C)NC(=O)[C@@H]2CCCN(S(=O)(=O)c3ccc(C)cc3)C2)cc1. The van der Waals surface area contributed by atoms with Crippen LogP contribution < -0.4 is 10.1 Å². The average molecular weight is 459 g/mol. The van der Waals surface area contributed by atoms with Crippen LogP contribution in [0.2, 0.25) is 0 Å². The van der Waals surface area contributed by atoms with Crippen LogP contribution in [0.25, 0.3) is 0 Å². The van der Waals surface area contributed by atoms with E-state index < -0.39 is 10.0 Å². The van der Waals surface area contributed by atoms with Gasteiger partial charge in [-0.1, -0.05) is 43.7 Å². The second kappa shape index (κ2) is 10.5. The number of piperidine rings is 1. The second-order valence-electron chi connectivity index (χ2n) is 8.98. The van der Waals surface area contributed by atoms with Crippen LogP contribution in [-0.2, 0) is 14.8 Å². The lowest BCUT2D eigenvalue weighted by Crippen LogP contribution is -2.46. The minimum Gasteiger partial charge on any atom is -0.497 e.